The van der Waals surface area contributed by atoms with Crippen molar-refractivity contribution in [2.75, 3.05) is 23.8 Å². The Balaban J connectivity index is 1.67. The van der Waals surface area contributed by atoms with Gasteiger partial charge in [-0.05, 0) is 55.5 Å². The van der Waals surface area contributed by atoms with Crippen molar-refractivity contribution < 1.29 is 27.5 Å². The lowest BCUT2D eigenvalue weighted by atomic mass is 10.2. The Bertz CT molecular complexity index is 1230. The lowest BCUT2D eigenvalue weighted by Gasteiger charge is -2.19. The molecule has 8 nitrogen and oxygen atoms in total. The Labute approximate surface area is 192 Å². The van der Waals surface area contributed by atoms with Crippen molar-refractivity contribution in [3.8, 4) is 5.75 Å². The summed E-state index contributed by atoms with van der Waals surface area (Å²) in [6.07, 6.45) is -1.09. The van der Waals surface area contributed by atoms with Gasteiger partial charge in [0, 0.05) is 7.05 Å². The van der Waals surface area contributed by atoms with Crippen LogP contribution in [0.1, 0.15) is 17.3 Å². The van der Waals surface area contributed by atoms with E-state index in [1.54, 1.807) is 54.6 Å². The van der Waals surface area contributed by atoms with E-state index in [0.29, 0.717) is 17.1 Å². The molecule has 0 heterocycles. The van der Waals surface area contributed by atoms with Crippen LogP contribution in [-0.4, -0.2) is 40.6 Å². The van der Waals surface area contributed by atoms with Gasteiger partial charge in [0.2, 0.25) is 0 Å². The predicted molar refractivity (Wildman–Crippen MR) is 125 cm³/mol. The molecule has 3 rings (SSSR count). The summed E-state index contributed by atoms with van der Waals surface area (Å²) in [5.74, 6) is -0.809. The van der Waals surface area contributed by atoms with Crippen LogP contribution in [0.3, 0.4) is 0 Å². The summed E-state index contributed by atoms with van der Waals surface area (Å²) in [5.41, 5.74) is 1.08. The number of ether oxygens (including phenoxy) is 2. The van der Waals surface area contributed by atoms with Gasteiger partial charge < -0.3 is 14.8 Å². The fraction of sp³-hybridized carbons (Fsp3) is 0.167. The topological polar surface area (TPSA) is 102 Å². The van der Waals surface area contributed by atoms with E-state index in [1.807, 2.05) is 0 Å². The molecule has 1 amide bonds. The summed E-state index contributed by atoms with van der Waals surface area (Å²) in [6, 6.07) is 20.8. The van der Waals surface area contributed by atoms with Crippen molar-refractivity contribution in [1.82, 2.24) is 0 Å². The van der Waals surface area contributed by atoms with E-state index in [0.717, 1.165) is 4.31 Å². The minimum atomic E-state index is -3.81. The highest BCUT2D eigenvalue weighted by molar-refractivity contribution is 7.92. The molecule has 0 bridgehead atoms. The lowest BCUT2D eigenvalue weighted by Crippen LogP contribution is -2.30. The molecule has 0 radical (unpaired) electrons. The van der Waals surface area contributed by atoms with Crippen LogP contribution in [0, 0.1) is 0 Å². The molecule has 33 heavy (non-hydrogen) atoms. The van der Waals surface area contributed by atoms with Crippen molar-refractivity contribution in [2.24, 2.45) is 0 Å². The summed E-state index contributed by atoms with van der Waals surface area (Å²) in [5, 5.41) is 2.65. The fourth-order valence-electron chi connectivity index (χ4n) is 2.96. The number of methoxy groups -OCH3 is 1. The Morgan fingerprint density at radius 2 is 1.52 bits per heavy atom. The van der Waals surface area contributed by atoms with E-state index >= 15 is 0 Å². The number of sulfonamides is 1. The molecule has 0 saturated heterocycles. The number of hydrogen-bond acceptors (Lipinski definition) is 6. The highest BCUT2D eigenvalue weighted by Crippen LogP contribution is 2.24. The Morgan fingerprint density at radius 1 is 0.909 bits per heavy atom. The third kappa shape index (κ3) is 5.50. The van der Waals surface area contributed by atoms with E-state index in [1.165, 1.54) is 45.3 Å². The zero-order chi connectivity index (χ0) is 24.0. The summed E-state index contributed by atoms with van der Waals surface area (Å²) >= 11 is 0. The standard InChI is InChI=1S/C24H24N2O6S/c1-17(23(27)25-21-11-7-8-12-22(21)31-3)32-24(28)18-13-15-20(16-14-18)33(29,30)26(2)19-9-5-4-6-10-19/h4-17H,1-3H3,(H,25,27)/t17-/m0/s1. The first-order valence-electron chi connectivity index (χ1n) is 10.0. The predicted octanol–water partition coefficient (Wildman–Crippen LogP) is 3.70. The molecule has 1 atom stereocenters. The number of hydrogen-bond donors (Lipinski definition) is 1. The van der Waals surface area contributed by atoms with E-state index in [2.05, 4.69) is 5.32 Å². The van der Waals surface area contributed by atoms with Gasteiger partial charge in [-0.3, -0.25) is 9.10 Å². The molecular formula is C24H24N2O6S. The Kier molecular flexibility index (Phi) is 7.34. The highest BCUT2D eigenvalue weighted by atomic mass is 32.2. The van der Waals surface area contributed by atoms with Gasteiger partial charge in [0.05, 0.1) is 28.9 Å². The van der Waals surface area contributed by atoms with Gasteiger partial charge in [0.1, 0.15) is 5.75 Å². The molecule has 0 aliphatic rings. The first kappa shape index (κ1) is 23.8. The van der Waals surface area contributed by atoms with Gasteiger partial charge in [0.25, 0.3) is 15.9 Å². The molecule has 1 N–H and O–H groups in total. The number of benzene rings is 3. The maximum atomic E-state index is 12.9. The van der Waals surface area contributed by atoms with Gasteiger partial charge in [0.15, 0.2) is 6.10 Å². The SMILES string of the molecule is COc1ccccc1NC(=O)[C@H](C)OC(=O)c1ccc(S(=O)(=O)N(C)c2ccccc2)cc1. The molecule has 3 aromatic rings. The molecule has 0 spiro atoms. The van der Waals surface area contributed by atoms with Crippen LogP contribution in [0.25, 0.3) is 0 Å². The molecule has 0 unspecified atom stereocenters. The average Bonchev–Trinajstić information content (AvgIpc) is 2.84. The molecule has 9 heteroatoms. The van der Waals surface area contributed by atoms with Crippen LogP contribution in [-0.2, 0) is 19.6 Å². The number of amides is 1. The zero-order valence-corrected chi connectivity index (χ0v) is 19.2. The second kappa shape index (κ2) is 10.2. The molecule has 0 fully saturated rings. The van der Waals surface area contributed by atoms with Crippen molar-refractivity contribution in [1.29, 1.82) is 0 Å². The van der Waals surface area contributed by atoms with Crippen LogP contribution < -0.4 is 14.4 Å². The van der Waals surface area contributed by atoms with Crippen LogP contribution in [0.15, 0.2) is 83.8 Å². The fourth-order valence-corrected chi connectivity index (χ4v) is 4.16. The maximum absolute atomic E-state index is 12.9. The van der Waals surface area contributed by atoms with E-state index in [9.17, 15) is 18.0 Å². The van der Waals surface area contributed by atoms with Crippen molar-refractivity contribution in [3.05, 3.63) is 84.4 Å². The number of nitrogens with zero attached hydrogens (tertiary/aromatic N) is 1. The van der Waals surface area contributed by atoms with Crippen molar-refractivity contribution >= 4 is 33.3 Å². The summed E-state index contributed by atoms with van der Waals surface area (Å²) in [6.45, 7) is 1.44. The van der Waals surface area contributed by atoms with Crippen molar-refractivity contribution in [3.63, 3.8) is 0 Å². The van der Waals surface area contributed by atoms with Gasteiger partial charge in [-0.2, -0.15) is 0 Å². The van der Waals surface area contributed by atoms with Gasteiger partial charge >= 0.3 is 5.97 Å². The molecule has 0 aliphatic carbocycles. The van der Waals surface area contributed by atoms with Crippen LogP contribution >= 0.6 is 0 Å². The first-order chi connectivity index (χ1) is 15.7. The van der Waals surface area contributed by atoms with Gasteiger partial charge in [-0.15, -0.1) is 0 Å². The van der Waals surface area contributed by atoms with E-state index in [-0.39, 0.29) is 10.5 Å². The summed E-state index contributed by atoms with van der Waals surface area (Å²) in [7, 11) is -0.872. The maximum Gasteiger partial charge on any atom is 0.338 e. The van der Waals surface area contributed by atoms with Crippen molar-refractivity contribution in [2.45, 2.75) is 17.9 Å². The second-order valence-corrected chi connectivity index (χ2v) is 9.04. The third-order valence-electron chi connectivity index (χ3n) is 4.89. The van der Waals surface area contributed by atoms with Gasteiger partial charge in [-0.1, -0.05) is 30.3 Å². The van der Waals surface area contributed by atoms with E-state index in [4.69, 9.17) is 9.47 Å². The number of carbonyl (C=O) groups excluding carboxylic acids is 2. The minimum Gasteiger partial charge on any atom is -0.495 e. The van der Waals surface area contributed by atoms with Gasteiger partial charge in [-0.25, -0.2) is 13.2 Å². The molecular weight excluding hydrogens is 444 g/mol. The van der Waals surface area contributed by atoms with Crippen LogP contribution in [0.5, 0.6) is 5.75 Å². The number of anilines is 2. The van der Waals surface area contributed by atoms with E-state index < -0.39 is 28.0 Å². The largest absolute Gasteiger partial charge is 0.495 e. The summed E-state index contributed by atoms with van der Waals surface area (Å²) < 4.78 is 37.3. The lowest BCUT2D eigenvalue weighted by molar-refractivity contribution is -0.123. The van der Waals surface area contributed by atoms with Crippen LogP contribution in [0.2, 0.25) is 0 Å². The number of nitrogens with one attached hydrogen (secondary N) is 1. The molecule has 0 aliphatic heterocycles. The normalized spacial score (nSPS) is 11.8. The Hall–Kier alpha value is -3.85. The second-order valence-electron chi connectivity index (χ2n) is 7.07. The first-order valence-corrected chi connectivity index (χ1v) is 11.5. The third-order valence-corrected chi connectivity index (χ3v) is 6.69. The number of para-hydroxylation sites is 3. The molecule has 3 aromatic carbocycles. The average molecular weight is 469 g/mol. The highest BCUT2D eigenvalue weighted by Gasteiger charge is 2.23. The Morgan fingerprint density at radius 3 is 2.15 bits per heavy atom. The molecule has 172 valence electrons. The molecule has 0 aromatic heterocycles. The minimum absolute atomic E-state index is 0.0207. The smallest absolute Gasteiger partial charge is 0.338 e. The zero-order valence-electron chi connectivity index (χ0n) is 18.4. The number of carbonyl (C=O) groups is 2. The monoisotopic (exact) mass is 468 g/mol. The number of rotatable bonds is 8. The van der Waals surface area contributed by atoms with Crippen LogP contribution in [0.4, 0.5) is 11.4 Å². The molecule has 0 saturated carbocycles. The number of esters is 1. The quantitative estimate of drug-likeness (QED) is 0.506. The summed E-state index contributed by atoms with van der Waals surface area (Å²) in [4.78, 5) is 24.9.